The smallest absolute Gasteiger partial charge is 0.185 e. The number of carbonyl (C=O) groups is 1. The van der Waals surface area contributed by atoms with Crippen molar-refractivity contribution in [2.75, 3.05) is 5.75 Å². The highest BCUT2D eigenvalue weighted by Crippen LogP contribution is 2.19. The zero-order valence-electron chi connectivity index (χ0n) is 11.8. The van der Waals surface area contributed by atoms with Gasteiger partial charge in [-0.1, -0.05) is 35.4 Å². The number of rotatable bonds is 4. The summed E-state index contributed by atoms with van der Waals surface area (Å²) >= 11 is 5.80. The first kappa shape index (κ1) is 15.7. The van der Waals surface area contributed by atoms with E-state index in [9.17, 15) is 13.2 Å². The minimum Gasteiger partial charge on any atom is -0.293 e. The zero-order chi connectivity index (χ0) is 15.6. The maximum Gasteiger partial charge on any atom is 0.185 e. The molecule has 0 saturated carbocycles. The van der Waals surface area contributed by atoms with E-state index < -0.39 is 21.4 Å². The summed E-state index contributed by atoms with van der Waals surface area (Å²) in [5.74, 6) is -0.964. The lowest BCUT2D eigenvalue weighted by Gasteiger charge is -2.08. The summed E-state index contributed by atoms with van der Waals surface area (Å²) in [5, 5.41) is 0.329. The van der Waals surface area contributed by atoms with Crippen LogP contribution in [-0.4, -0.2) is 20.0 Å². The topological polar surface area (TPSA) is 51.2 Å². The molecular formula is C16H15ClO3S. The Labute approximate surface area is 129 Å². The van der Waals surface area contributed by atoms with E-state index in [2.05, 4.69) is 0 Å². The quantitative estimate of drug-likeness (QED) is 0.808. The van der Waals surface area contributed by atoms with Gasteiger partial charge >= 0.3 is 0 Å². The number of aryl methyl sites for hydroxylation is 2. The Bertz CT molecular complexity index is 795. The predicted octanol–water partition coefficient (Wildman–Crippen LogP) is 3.61. The molecule has 0 aliphatic heterocycles. The van der Waals surface area contributed by atoms with Gasteiger partial charge in [-0.25, -0.2) is 8.42 Å². The second kappa shape index (κ2) is 6.00. The molecule has 2 aromatic carbocycles. The van der Waals surface area contributed by atoms with E-state index in [4.69, 9.17) is 11.6 Å². The Hall–Kier alpha value is -1.65. The summed E-state index contributed by atoms with van der Waals surface area (Å²) < 4.78 is 24.6. The van der Waals surface area contributed by atoms with Crippen molar-refractivity contribution >= 4 is 27.2 Å². The number of benzene rings is 2. The summed E-state index contributed by atoms with van der Waals surface area (Å²) in [6, 6.07) is 11.4. The van der Waals surface area contributed by atoms with Crippen LogP contribution >= 0.6 is 11.6 Å². The number of hydrogen-bond donors (Lipinski definition) is 0. The van der Waals surface area contributed by atoms with Gasteiger partial charge in [0.25, 0.3) is 0 Å². The highest BCUT2D eigenvalue weighted by Gasteiger charge is 2.21. The second-order valence-electron chi connectivity index (χ2n) is 4.96. The van der Waals surface area contributed by atoms with Crippen molar-refractivity contribution in [3.8, 4) is 0 Å². The van der Waals surface area contributed by atoms with E-state index in [0.29, 0.717) is 10.6 Å². The van der Waals surface area contributed by atoms with Gasteiger partial charge in [0.2, 0.25) is 0 Å². The maximum absolute atomic E-state index is 12.3. The SMILES string of the molecule is Cc1ccc(C)c(C(=O)CS(=O)(=O)c2cccc(Cl)c2)c1. The average molecular weight is 323 g/mol. The lowest BCUT2D eigenvalue weighted by Crippen LogP contribution is -2.17. The fraction of sp³-hybridized carbons (Fsp3) is 0.188. The van der Waals surface area contributed by atoms with Crippen LogP contribution in [0.5, 0.6) is 0 Å². The standard InChI is InChI=1S/C16H15ClO3S/c1-11-6-7-12(2)15(8-11)16(18)10-21(19,20)14-5-3-4-13(17)9-14/h3-9H,10H2,1-2H3. The lowest BCUT2D eigenvalue weighted by molar-refractivity contribution is 0.102. The predicted molar refractivity (Wildman–Crippen MR) is 83.8 cm³/mol. The second-order valence-corrected chi connectivity index (χ2v) is 7.38. The van der Waals surface area contributed by atoms with Crippen LogP contribution in [0.2, 0.25) is 5.02 Å². The van der Waals surface area contributed by atoms with Gasteiger partial charge in [0.1, 0.15) is 5.75 Å². The van der Waals surface area contributed by atoms with Crippen molar-refractivity contribution in [2.45, 2.75) is 18.7 Å². The number of carbonyl (C=O) groups excluding carboxylic acids is 1. The fourth-order valence-electron chi connectivity index (χ4n) is 2.03. The van der Waals surface area contributed by atoms with Crippen molar-refractivity contribution in [2.24, 2.45) is 0 Å². The maximum atomic E-state index is 12.3. The van der Waals surface area contributed by atoms with Crippen LogP contribution in [0.3, 0.4) is 0 Å². The molecule has 110 valence electrons. The number of sulfone groups is 1. The molecular weight excluding hydrogens is 308 g/mol. The molecule has 0 aromatic heterocycles. The van der Waals surface area contributed by atoms with Crippen LogP contribution < -0.4 is 0 Å². The van der Waals surface area contributed by atoms with E-state index in [1.807, 2.05) is 19.1 Å². The highest BCUT2D eigenvalue weighted by atomic mass is 35.5. The molecule has 0 heterocycles. The molecule has 0 unspecified atom stereocenters. The Morgan fingerprint density at radius 3 is 2.48 bits per heavy atom. The molecule has 0 fully saturated rings. The summed E-state index contributed by atoms with van der Waals surface area (Å²) in [6.45, 7) is 3.65. The van der Waals surface area contributed by atoms with Gasteiger partial charge in [-0.05, 0) is 43.7 Å². The lowest BCUT2D eigenvalue weighted by atomic mass is 10.0. The minimum atomic E-state index is -3.69. The van der Waals surface area contributed by atoms with E-state index >= 15 is 0 Å². The summed E-state index contributed by atoms with van der Waals surface area (Å²) in [5.41, 5.74) is 2.14. The van der Waals surface area contributed by atoms with Crippen LogP contribution in [0.15, 0.2) is 47.4 Å². The first-order chi connectivity index (χ1) is 9.79. The minimum absolute atomic E-state index is 0.0636. The third-order valence-corrected chi connectivity index (χ3v) is 5.02. The van der Waals surface area contributed by atoms with E-state index in [1.165, 1.54) is 12.1 Å². The Kier molecular flexibility index (Phi) is 4.49. The van der Waals surface area contributed by atoms with E-state index in [0.717, 1.165) is 11.1 Å². The third kappa shape index (κ3) is 3.71. The number of Topliss-reactive ketones (excluding diaryl/α,β-unsaturated/α-hetero) is 1. The van der Waals surface area contributed by atoms with Crippen LogP contribution in [0.1, 0.15) is 21.5 Å². The summed E-state index contributed by atoms with van der Waals surface area (Å²) in [4.78, 5) is 12.3. The van der Waals surface area contributed by atoms with Crippen LogP contribution in [-0.2, 0) is 9.84 Å². The Morgan fingerprint density at radius 2 is 1.81 bits per heavy atom. The van der Waals surface area contributed by atoms with Gasteiger partial charge in [-0.15, -0.1) is 0 Å². The molecule has 0 spiro atoms. The van der Waals surface area contributed by atoms with Crippen molar-refractivity contribution < 1.29 is 13.2 Å². The van der Waals surface area contributed by atoms with E-state index in [1.54, 1.807) is 25.1 Å². The van der Waals surface area contributed by atoms with Gasteiger partial charge in [-0.3, -0.25) is 4.79 Å². The van der Waals surface area contributed by atoms with E-state index in [-0.39, 0.29) is 4.90 Å². The Balaban J connectivity index is 2.32. The molecule has 3 nitrogen and oxygen atoms in total. The monoisotopic (exact) mass is 322 g/mol. The molecule has 2 rings (SSSR count). The van der Waals surface area contributed by atoms with Crippen molar-refractivity contribution in [1.82, 2.24) is 0 Å². The van der Waals surface area contributed by atoms with Gasteiger partial charge in [0.15, 0.2) is 15.6 Å². The zero-order valence-corrected chi connectivity index (χ0v) is 13.3. The molecule has 0 N–H and O–H groups in total. The molecule has 2 aromatic rings. The molecule has 0 amide bonds. The molecule has 0 saturated heterocycles. The van der Waals surface area contributed by atoms with Gasteiger partial charge in [0, 0.05) is 10.6 Å². The average Bonchev–Trinajstić information content (AvgIpc) is 2.41. The summed E-state index contributed by atoms with van der Waals surface area (Å²) in [6.07, 6.45) is 0. The molecule has 5 heteroatoms. The summed E-state index contributed by atoms with van der Waals surface area (Å²) in [7, 11) is -3.69. The largest absolute Gasteiger partial charge is 0.293 e. The molecule has 0 atom stereocenters. The molecule has 21 heavy (non-hydrogen) atoms. The van der Waals surface area contributed by atoms with Crippen molar-refractivity contribution in [1.29, 1.82) is 0 Å². The van der Waals surface area contributed by atoms with Gasteiger partial charge < -0.3 is 0 Å². The highest BCUT2D eigenvalue weighted by molar-refractivity contribution is 7.92. The van der Waals surface area contributed by atoms with Crippen molar-refractivity contribution in [3.05, 3.63) is 64.2 Å². The third-order valence-electron chi connectivity index (χ3n) is 3.17. The van der Waals surface area contributed by atoms with Crippen LogP contribution in [0, 0.1) is 13.8 Å². The Morgan fingerprint density at radius 1 is 1.10 bits per heavy atom. The first-order valence-electron chi connectivity index (χ1n) is 6.38. The van der Waals surface area contributed by atoms with Crippen LogP contribution in [0.4, 0.5) is 0 Å². The normalized spacial score (nSPS) is 11.4. The number of ketones is 1. The fourth-order valence-corrected chi connectivity index (χ4v) is 3.55. The molecule has 0 aliphatic carbocycles. The first-order valence-corrected chi connectivity index (χ1v) is 8.41. The number of halogens is 1. The molecule has 0 bridgehead atoms. The van der Waals surface area contributed by atoms with Crippen LogP contribution in [0.25, 0.3) is 0 Å². The molecule has 0 aliphatic rings. The van der Waals surface area contributed by atoms with Gasteiger partial charge in [-0.2, -0.15) is 0 Å². The number of hydrogen-bond acceptors (Lipinski definition) is 3. The van der Waals surface area contributed by atoms with Gasteiger partial charge in [0.05, 0.1) is 4.90 Å². The molecule has 0 radical (unpaired) electrons. The van der Waals surface area contributed by atoms with Crippen molar-refractivity contribution in [3.63, 3.8) is 0 Å².